The number of benzene rings is 2. The Morgan fingerprint density at radius 2 is 1.66 bits per heavy atom. The van der Waals surface area contributed by atoms with Crippen LogP contribution in [0.3, 0.4) is 0 Å². The van der Waals surface area contributed by atoms with Crippen molar-refractivity contribution in [3.05, 3.63) is 59.2 Å². The van der Waals surface area contributed by atoms with Crippen LogP contribution in [-0.2, 0) is 24.3 Å². The molecule has 32 heavy (non-hydrogen) atoms. The van der Waals surface area contributed by atoms with Gasteiger partial charge in [-0.2, -0.15) is 5.26 Å². The lowest BCUT2D eigenvalue weighted by Gasteiger charge is -2.22. The number of esters is 1. The summed E-state index contributed by atoms with van der Waals surface area (Å²) in [5, 5.41) is 8.90. The van der Waals surface area contributed by atoms with Crippen molar-refractivity contribution >= 4 is 27.6 Å². The Bertz CT molecular complexity index is 1090. The topological polar surface area (TPSA) is 117 Å². The Hall–Kier alpha value is -3.22. The number of aryl methyl sites for hydroxylation is 3. The van der Waals surface area contributed by atoms with Crippen molar-refractivity contribution in [1.29, 1.82) is 5.26 Å². The molecule has 0 heterocycles. The van der Waals surface area contributed by atoms with E-state index in [1.807, 2.05) is 45.0 Å². The van der Waals surface area contributed by atoms with Crippen molar-refractivity contribution in [3.63, 3.8) is 0 Å². The quantitative estimate of drug-likeness (QED) is 0.549. The van der Waals surface area contributed by atoms with E-state index in [2.05, 4.69) is 4.72 Å². The van der Waals surface area contributed by atoms with Crippen LogP contribution in [-0.4, -0.2) is 40.0 Å². The number of sulfonamides is 1. The van der Waals surface area contributed by atoms with Crippen LogP contribution in [0.4, 0.5) is 5.69 Å². The van der Waals surface area contributed by atoms with Gasteiger partial charge in [0.1, 0.15) is 0 Å². The van der Waals surface area contributed by atoms with Crippen LogP contribution in [0.1, 0.15) is 29.5 Å². The number of rotatable bonds is 10. The zero-order chi connectivity index (χ0) is 23.7. The highest BCUT2D eigenvalue weighted by molar-refractivity contribution is 7.89. The molecular weight excluding hydrogens is 430 g/mol. The highest BCUT2D eigenvalue weighted by Crippen LogP contribution is 2.19. The third-order valence-electron chi connectivity index (χ3n) is 4.58. The van der Waals surface area contributed by atoms with Crippen LogP contribution < -0.4 is 9.62 Å². The minimum absolute atomic E-state index is 0.105. The number of hydrogen-bond donors (Lipinski definition) is 1. The molecule has 0 spiro atoms. The lowest BCUT2D eigenvalue weighted by Crippen LogP contribution is -2.36. The van der Waals surface area contributed by atoms with E-state index < -0.39 is 28.5 Å². The number of carbonyl (C=O) groups excluding carboxylic acids is 2. The molecule has 170 valence electrons. The Balaban J connectivity index is 1.90. The van der Waals surface area contributed by atoms with Gasteiger partial charge in [0.25, 0.3) is 5.91 Å². The third-order valence-corrected chi connectivity index (χ3v) is 6.05. The predicted molar refractivity (Wildman–Crippen MR) is 120 cm³/mol. The molecule has 2 aromatic carbocycles. The molecule has 0 bridgehead atoms. The maximum absolute atomic E-state index is 12.6. The molecule has 0 saturated carbocycles. The summed E-state index contributed by atoms with van der Waals surface area (Å²) in [4.78, 5) is 26.2. The van der Waals surface area contributed by atoms with Gasteiger partial charge in [0.2, 0.25) is 10.0 Å². The Morgan fingerprint density at radius 1 is 1.03 bits per heavy atom. The SMILES string of the molecule is Cc1ccc(S(=O)(=O)NCCC(=O)OCC(=O)N(CCC#N)c2cc(C)cc(C)c2)cc1. The van der Waals surface area contributed by atoms with Gasteiger partial charge in [-0.3, -0.25) is 9.59 Å². The smallest absolute Gasteiger partial charge is 0.307 e. The second-order valence-corrected chi connectivity index (χ2v) is 9.19. The van der Waals surface area contributed by atoms with Crippen molar-refractivity contribution in [2.75, 3.05) is 24.6 Å². The van der Waals surface area contributed by atoms with Crippen LogP contribution >= 0.6 is 0 Å². The average molecular weight is 458 g/mol. The van der Waals surface area contributed by atoms with Crippen LogP contribution in [0.5, 0.6) is 0 Å². The summed E-state index contributed by atoms with van der Waals surface area (Å²) in [5.74, 6) is -1.16. The van der Waals surface area contributed by atoms with Gasteiger partial charge < -0.3 is 9.64 Å². The Labute approximate surface area is 188 Å². The third kappa shape index (κ3) is 7.48. The summed E-state index contributed by atoms with van der Waals surface area (Å²) in [6, 6.07) is 14.0. The number of anilines is 1. The minimum atomic E-state index is -3.74. The number of nitrogens with one attached hydrogen (secondary N) is 1. The fourth-order valence-electron chi connectivity index (χ4n) is 3.05. The zero-order valence-corrected chi connectivity index (χ0v) is 19.2. The molecule has 0 fully saturated rings. The van der Waals surface area contributed by atoms with Gasteiger partial charge in [0.05, 0.1) is 23.8 Å². The first-order valence-electron chi connectivity index (χ1n) is 10.1. The van der Waals surface area contributed by atoms with Crippen molar-refractivity contribution in [2.24, 2.45) is 0 Å². The van der Waals surface area contributed by atoms with Crippen molar-refractivity contribution in [3.8, 4) is 6.07 Å². The molecule has 0 aliphatic heterocycles. The van der Waals surface area contributed by atoms with Crippen LogP contribution in [0.15, 0.2) is 47.4 Å². The molecule has 0 aliphatic rings. The molecular formula is C23H27N3O5S. The number of nitriles is 1. The molecule has 8 nitrogen and oxygen atoms in total. The molecule has 0 aromatic heterocycles. The van der Waals surface area contributed by atoms with Crippen molar-refractivity contribution < 1.29 is 22.7 Å². The molecule has 0 aliphatic carbocycles. The largest absolute Gasteiger partial charge is 0.456 e. The van der Waals surface area contributed by atoms with E-state index in [9.17, 15) is 18.0 Å². The summed E-state index contributed by atoms with van der Waals surface area (Å²) in [6.45, 7) is 5.18. The minimum Gasteiger partial charge on any atom is -0.456 e. The van der Waals surface area contributed by atoms with Gasteiger partial charge in [0, 0.05) is 18.8 Å². The lowest BCUT2D eigenvalue weighted by atomic mass is 10.1. The van der Waals surface area contributed by atoms with Crippen molar-refractivity contribution in [2.45, 2.75) is 38.5 Å². The van der Waals surface area contributed by atoms with Gasteiger partial charge in [-0.15, -0.1) is 0 Å². The van der Waals surface area contributed by atoms with E-state index in [-0.39, 0.29) is 30.8 Å². The van der Waals surface area contributed by atoms with Gasteiger partial charge in [0.15, 0.2) is 6.61 Å². The molecule has 0 radical (unpaired) electrons. The molecule has 2 aromatic rings. The lowest BCUT2D eigenvalue weighted by molar-refractivity contribution is -0.147. The van der Waals surface area contributed by atoms with Crippen LogP contribution in [0, 0.1) is 32.1 Å². The summed E-state index contributed by atoms with van der Waals surface area (Å²) < 4.78 is 31.9. The molecule has 9 heteroatoms. The van der Waals surface area contributed by atoms with E-state index >= 15 is 0 Å². The standard InChI is InChI=1S/C23H27N3O5S/c1-17-5-7-21(8-6-17)32(29,30)25-11-9-23(28)31-16-22(27)26(12-4-10-24)20-14-18(2)13-19(3)15-20/h5-8,13-15,25H,4,9,11-12,16H2,1-3H3. The number of ether oxygens (including phenoxy) is 1. The molecule has 1 amide bonds. The first-order valence-corrected chi connectivity index (χ1v) is 11.6. The summed E-state index contributed by atoms with van der Waals surface area (Å²) in [5.41, 5.74) is 3.49. The Kier molecular flexibility index (Phi) is 8.93. The van der Waals surface area contributed by atoms with E-state index in [1.54, 1.807) is 12.1 Å². The van der Waals surface area contributed by atoms with E-state index in [0.29, 0.717) is 5.69 Å². The molecule has 0 saturated heterocycles. The number of nitrogens with zero attached hydrogens (tertiary/aromatic N) is 2. The second-order valence-electron chi connectivity index (χ2n) is 7.42. The first kappa shape index (κ1) is 25.0. The Morgan fingerprint density at radius 3 is 2.25 bits per heavy atom. The van der Waals surface area contributed by atoms with Gasteiger partial charge in [-0.05, 0) is 56.2 Å². The number of hydrogen-bond acceptors (Lipinski definition) is 6. The fourth-order valence-corrected chi connectivity index (χ4v) is 4.08. The summed E-state index contributed by atoms with van der Waals surface area (Å²) in [7, 11) is -3.74. The highest BCUT2D eigenvalue weighted by Gasteiger charge is 2.19. The zero-order valence-electron chi connectivity index (χ0n) is 18.4. The maximum atomic E-state index is 12.6. The number of carbonyl (C=O) groups is 2. The van der Waals surface area contributed by atoms with Gasteiger partial charge >= 0.3 is 5.97 Å². The van der Waals surface area contributed by atoms with Gasteiger partial charge in [-0.1, -0.05) is 23.8 Å². The summed E-state index contributed by atoms with van der Waals surface area (Å²) in [6.07, 6.45) is -0.0897. The van der Waals surface area contributed by atoms with E-state index in [0.717, 1.165) is 16.7 Å². The molecule has 0 atom stereocenters. The normalized spacial score (nSPS) is 10.9. The van der Waals surface area contributed by atoms with Crippen LogP contribution in [0.2, 0.25) is 0 Å². The number of amides is 1. The fraction of sp³-hybridized carbons (Fsp3) is 0.348. The van der Waals surface area contributed by atoms with E-state index in [4.69, 9.17) is 10.00 Å². The molecule has 0 unspecified atom stereocenters. The average Bonchev–Trinajstić information content (AvgIpc) is 2.72. The first-order chi connectivity index (χ1) is 15.1. The maximum Gasteiger partial charge on any atom is 0.307 e. The second kappa shape index (κ2) is 11.4. The highest BCUT2D eigenvalue weighted by atomic mass is 32.2. The summed E-state index contributed by atoms with van der Waals surface area (Å²) >= 11 is 0. The van der Waals surface area contributed by atoms with E-state index in [1.165, 1.54) is 17.0 Å². The molecule has 2 rings (SSSR count). The predicted octanol–water partition coefficient (Wildman–Crippen LogP) is 2.77. The van der Waals surface area contributed by atoms with Crippen molar-refractivity contribution in [1.82, 2.24) is 4.72 Å². The van der Waals surface area contributed by atoms with Gasteiger partial charge in [-0.25, -0.2) is 13.1 Å². The monoisotopic (exact) mass is 457 g/mol. The molecule has 1 N–H and O–H groups in total. The van der Waals surface area contributed by atoms with Crippen LogP contribution in [0.25, 0.3) is 0 Å².